The van der Waals surface area contributed by atoms with Crippen molar-refractivity contribution in [3.8, 4) is 0 Å². The smallest absolute Gasteiger partial charge is 0.180 e. The largest absolute Gasteiger partial charge is 0.375 e. The van der Waals surface area contributed by atoms with Crippen molar-refractivity contribution in [2.24, 2.45) is 0 Å². The molecule has 1 aromatic carbocycles. The molecule has 2 aromatic heterocycles. The Bertz CT molecular complexity index is 718. The van der Waals surface area contributed by atoms with E-state index in [1.807, 2.05) is 12.3 Å². The lowest BCUT2D eigenvalue weighted by atomic mass is 10.1. The summed E-state index contributed by atoms with van der Waals surface area (Å²) in [5.41, 5.74) is 9.23. The van der Waals surface area contributed by atoms with E-state index in [1.54, 1.807) is 11.3 Å². The van der Waals surface area contributed by atoms with Crippen molar-refractivity contribution in [3.05, 3.63) is 52.7 Å². The second-order valence-electron chi connectivity index (χ2n) is 4.48. The molecule has 3 nitrogen and oxygen atoms in total. The van der Waals surface area contributed by atoms with Crippen LogP contribution in [0.25, 0.3) is 10.9 Å². The van der Waals surface area contributed by atoms with E-state index in [9.17, 15) is 0 Å². The zero-order valence-corrected chi connectivity index (χ0v) is 11.6. The lowest BCUT2D eigenvalue weighted by Crippen LogP contribution is -1.91. The molecule has 0 fully saturated rings. The highest BCUT2D eigenvalue weighted by Gasteiger charge is 2.09. The average molecular weight is 269 g/mol. The zero-order valence-electron chi connectivity index (χ0n) is 10.8. The van der Waals surface area contributed by atoms with Gasteiger partial charge in [0.15, 0.2) is 5.13 Å². The normalized spacial score (nSPS) is 11.0. The molecule has 0 spiro atoms. The number of hydrogen-bond donors (Lipinski definition) is 1. The molecule has 2 N–H and O–H groups in total. The number of aryl methyl sites for hydroxylation is 1. The summed E-state index contributed by atoms with van der Waals surface area (Å²) >= 11 is 1.59. The molecule has 0 aliphatic rings. The third-order valence-electron chi connectivity index (χ3n) is 3.16. The summed E-state index contributed by atoms with van der Waals surface area (Å²) in [5, 5.41) is 1.84. The van der Waals surface area contributed by atoms with Crippen LogP contribution in [0.3, 0.4) is 0 Å². The summed E-state index contributed by atoms with van der Waals surface area (Å²) in [6.45, 7) is 2.11. The number of fused-ring (bicyclic) bond motifs is 1. The summed E-state index contributed by atoms with van der Waals surface area (Å²) in [5.74, 6) is 0. The van der Waals surface area contributed by atoms with Gasteiger partial charge in [0, 0.05) is 22.9 Å². The number of nitrogen functional groups attached to an aromatic ring is 1. The molecule has 3 aromatic rings. The van der Waals surface area contributed by atoms with Crippen LogP contribution in [0.5, 0.6) is 0 Å². The van der Waals surface area contributed by atoms with Crippen molar-refractivity contribution in [2.75, 3.05) is 5.73 Å². The van der Waals surface area contributed by atoms with Crippen LogP contribution >= 0.6 is 11.3 Å². The van der Waals surface area contributed by atoms with Gasteiger partial charge in [-0.2, -0.15) is 0 Å². The number of rotatable bonds is 3. The van der Waals surface area contributed by atoms with Gasteiger partial charge in [0.25, 0.3) is 0 Å². The Labute approximate surface area is 116 Å². The maximum atomic E-state index is 5.80. The molecule has 19 heavy (non-hydrogen) atoms. The third-order valence-corrected chi connectivity index (χ3v) is 4.09. The second kappa shape index (κ2) is 4.97. The van der Waals surface area contributed by atoms with Crippen molar-refractivity contribution >= 4 is 27.4 Å². The Morgan fingerprint density at radius 3 is 3.00 bits per heavy atom. The van der Waals surface area contributed by atoms with Gasteiger partial charge in [0.1, 0.15) is 0 Å². The number of nitrogens with zero attached hydrogens (tertiary/aromatic N) is 2. The average Bonchev–Trinajstić information content (AvgIpc) is 2.78. The molecule has 0 saturated carbocycles. The van der Waals surface area contributed by atoms with E-state index in [4.69, 9.17) is 5.73 Å². The summed E-state index contributed by atoms with van der Waals surface area (Å²) in [7, 11) is 0. The molecule has 0 aliphatic carbocycles. The van der Waals surface area contributed by atoms with Crippen molar-refractivity contribution < 1.29 is 0 Å². The van der Waals surface area contributed by atoms with Gasteiger partial charge < -0.3 is 5.73 Å². The minimum absolute atomic E-state index is 0.661. The predicted octanol–water partition coefficient (Wildman–Crippen LogP) is 3.43. The zero-order chi connectivity index (χ0) is 13.2. The number of benzene rings is 1. The number of pyridine rings is 1. The highest BCUT2D eigenvalue weighted by Crippen LogP contribution is 2.25. The first kappa shape index (κ1) is 12.1. The molecule has 0 bridgehead atoms. The monoisotopic (exact) mass is 269 g/mol. The summed E-state index contributed by atoms with van der Waals surface area (Å²) in [6, 6.07) is 10.4. The fourth-order valence-corrected chi connectivity index (χ4v) is 3.19. The van der Waals surface area contributed by atoms with E-state index >= 15 is 0 Å². The lowest BCUT2D eigenvalue weighted by molar-refractivity contribution is 1.02. The molecule has 3 rings (SSSR count). The molecule has 0 saturated heterocycles. The van der Waals surface area contributed by atoms with E-state index in [0.717, 1.165) is 24.1 Å². The van der Waals surface area contributed by atoms with Crippen LogP contribution in [0.2, 0.25) is 0 Å². The molecule has 0 amide bonds. The third kappa shape index (κ3) is 2.44. The SMILES string of the molecule is CCc1nc(N)sc1Cc1ccc2ncccc2c1. The Balaban J connectivity index is 1.96. The predicted molar refractivity (Wildman–Crippen MR) is 80.5 cm³/mol. The molecular formula is C15H15N3S. The number of thiazole rings is 1. The lowest BCUT2D eigenvalue weighted by Gasteiger charge is -2.03. The molecule has 2 heterocycles. The van der Waals surface area contributed by atoms with Crippen molar-refractivity contribution in [1.82, 2.24) is 9.97 Å². The van der Waals surface area contributed by atoms with Crippen LogP contribution in [0.4, 0.5) is 5.13 Å². The van der Waals surface area contributed by atoms with Crippen LogP contribution < -0.4 is 5.73 Å². The Morgan fingerprint density at radius 2 is 2.16 bits per heavy atom. The quantitative estimate of drug-likeness (QED) is 0.792. The van der Waals surface area contributed by atoms with Gasteiger partial charge >= 0.3 is 0 Å². The van der Waals surface area contributed by atoms with Crippen molar-refractivity contribution in [2.45, 2.75) is 19.8 Å². The Morgan fingerprint density at radius 1 is 1.26 bits per heavy atom. The first-order valence-corrected chi connectivity index (χ1v) is 7.15. The summed E-state index contributed by atoms with van der Waals surface area (Å²) in [6.07, 6.45) is 3.64. The van der Waals surface area contributed by atoms with E-state index in [1.165, 1.54) is 15.8 Å². The number of anilines is 1. The van der Waals surface area contributed by atoms with Crippen LogP contribution in [0, 0.1) is 0 Å². The summed E-state index contributed by atoms with van der Waals surface area (Å²) in [4.78, 5) is 9.98. The molecule has 0 atom stereocenters. The number of aromatic nitrogens is 2. The van der Waals surface area contributed by atoms with Crippen LogP contribution in [0.15, 0.2) is 36.5 Å². The molecule has 0 radical (unpaired) electrons. The first-order valence-electron chi connectivity index (χ1n) is 6.34. The summed E-state index contributed by atoms with van der Waals surface area (Å²) < 4.78 is 0. The van der Waals surface area contributed by atoms with E-state index in [0.29, 0.717) is 5.13 Å². The minimum Gasteiger partial charge on any atom is -0.375 e. The number of hydrogen-bond acceptors (Lipinski definition) is 4. The van der Waals surface area contributed by atoms with Gasteiger partial charge in [0.05, 0.1) is 11.2 Å². The molecule has 4 heteroatoms. The van der Waals surface area contributed by atoms with Gasteiger partial charge in [-0.1, -0.05) is 19.1 Å². The molecule has 0 aliphatic heterocycles. The second-order valence-corrected chi connectivity index (χ2v) is 5.60. The number of nitrogens with two attached hydrogens (primary N) is 1. The van der Waals surface area contributed by atoms with E-state index in [2.05, 4.69) is 41.2 Å². The maximum absolute atomic E-state index is 5.80. The van der Waals surface area contributed by atoms with Gasteiger partial charge in [-0.15, -0.1) is 11.3 Å². The van der Waals surface area contributed by atoms with Crippen LogP contribution in [-0.4, -0.2) is 9.97 Å². The van der Waals surface area contributed by atoms with Crippen molar-refractivity contribution in [3.63, 3.8) is 0 Å². The fourth-order valence-electron chi connectivity index (χ4n) is 2.24. The topological polar surface area (TPSA) is 51.8 Å². The highest BCUT2D eigenvalue weighted by atomic mass is 32.1. The Kier molecular flexibility index (Phi) is 3.17. The molecule has 96 valence electrons. The molecular weight excluding hydrogens is 254 g/mol. The van der Waals surface area contributed by atoms with Crippen LogP contribution in [0.1, 0.15) is 23.1 Å². The van der Waals surface area contributed by atoms with E-state index in [-0.39, 0.29) is 0 Å². The van der Waals surface area contributed by atoms with E-state index < -0.39 is 0 Å². The van der Waals surface area contributed by atoms with Gasteiger partial charge in [-0.05, 0) is 30.2 Å². The minimum atomic E-state index is 0.661. The van der Waals surface area contributed by atoms with Crippen LogP contribution in [-0.2, 0) is 12.8 Å². The van der Waals surface area contributed by atoms with Gasteiger partial charge in [-0.25, -0.2) is 4.98 Å². The molecule has 0 unspecified atom stereocenters. The Hall–Kier alpha value is -1.94. The van der Waals surface area contributed by atoms with Gasteiger partial charge in [0.2, 0.25) is 0 Å². The highest BCUT2D eigenvalue weighted by molar-refractivity contribution is 7.15. The van der Waals surface area contributed by atoms with Gasteiger partial charge in [-0.3, -0.25) is 4.98 Å². The van der Waals surface area contributed by atoms with Crippen molar-refractivity contribution in [1.29, 1.82) is 0 Å². The standard InChI is InChI=1S/C15H15N3S/c1-2-12-14(19-15(16)18-12)9-10-5-6-13-11(8-10)4-3-7-17-13/h3-8H,2,9H2,1H3,(H2,16,18). The fraction of sp³-hybridized carbons (Fsp3) is 0.200. The first-order chi connectivity index (χ1) is 9.26. The maximum Gasteiger partial charge on any atom is 0.180 e.